The molecule has 1 aromatic carbocycles. The third-order valence-corrected chi connectivity index (χ3v) is 1.63. The second-order valence-corrected chi connectivity index (χ2v) is 2.65. The van der Waals surface area contributed by atoms with Crippen molar-refractivity contribution in [2.75, 3.05) is 7.11 Å². The number of hydrogen-bond acceptors (Lipinski definition) is 4. The van der Waals surface area contributed by atoms with Crippen LogP contribution in [0.1, 0.15) is 0 Å². The largest absolute Gasteiger partial charge is 0.496 e. The lowest BCUT2D eigenvalue weighted by atomic mass is 10.2. The molecule has 0 unspecified atom stereocenters. The van der Waals surface area contributed by atoms with Crippen LogP contribution in [0, 0.1) is 10.1 Å². The molecule has 0 spiro atoms. The number of nitro groups is 1. The number of nitrogens with zero attached hydrogens (tertiary/aromatic N) is 2. The number of methoxy groups -OCH3 is 1. The Balaban J connectivity index is 3.27. The molecule has 1 aromatic rings. The Morgan fingerprint density at radius 1 is 1.53 bits per heavy atom. The van der Waals surface area contributed by atoms with Crippen molar-refractivity contribution in [2.24, 2.45) is 16.5 Å². The Hall–Kier alpha value is -2.31. The first-order valence-electron chi connectivity index (χ1n) is 3.96. The van der Waals surface area contributed by atoms with Gasteiger partial charge in [0.05, 0.1) is 18.1 Å². The molecular weight excluding hydrogens is 200 g/mol. The van der Waals surface area contributed by atoms with Gasteiger partial charge in [-0.25, -0.2) is 4.99 Å². The third kappa shape index (κ3) is 2.56. The van der Waals surface area contributed by atoms with Crippen LogP contribution in [0.5, 0.6) is 5.75 Å². The Labute approximate surface area is 85.5 Å². The predicted molar refractivity (Wildman–Crippen MR) is 55.1 cm³/mol. The zero-order valence-corrected chi connectivity index (χ0v) is 8.01. The van der Waals surface area contributed by atoms with E-state index in [1.165, 1.54) is 25.3 Å². The molecule has 15 heavy (non-hydrogen) atoms. The highest BCUT2D eigenvalue weighted by Crippen LogP contribution is 2.30. The first kappa shape index (κ1) is 10.8. The van der Waals surface area contributed by atoms with Gasteiger partial charge in [-0.3, -0.25) is 10.1 Å². The first-order valence-corrected chi connectivity index (χ1v) is 3.96. The summed E-state index contributed by atoms with van der Waals surface area (Å²) in [5, 5.41) is 10.7. The molecule has 0 aliphatic carbocycles. The highest BCUT2D eigenvalue weighted by Gasteiger charge is 2.14. The van der Waals surface area contributed by atoms with Crippen molar-refractivity contribution in [1.29, 1.82) is 0 Å². The van der Waals surface area contributed by atoms with Gasteiger partial charge in [0.2, 0.25) is 0 Å². The van der Waals surface area contributed by atoms with Gasteiger partial charge in [0.25, 0.3) is 5.69 Å². The number of ether oxygens (including phenoxy) is 1. The highest BCUT2D eigenvalue weighted by atomic mass is 16.6. The molecule has 0 radical (unpaired) electrons. The van der Waals surface area contributed by atoms with Crippen molar-refractivity contribution in [2.45, 2.75) is 0 Å². The summed E-state index contributed by atoms with van der Waals surface area (Å²) in [6.45, 7) is 0. The molecule has 7 nitrogen and oxygen atoms in total. The first-order chi connectivity index (χ1) is 7.04. The number of guanidine groups is 1. The number of benzene rings is 1. The molecule has 0 aliphatic rings. The van der Waals surface area contributed by atoms with E-state index in [-0.39, 0.29) is 17.3 Å². The van der Waals surface area contributed by atoms with E-state index < -0.39 is 4.92 Å². The van der Waals surface area contributed by atoms with Crippen molar-refractivity contribution in [3.63, 3.8) is 0 Å². The molecule has 1 rings (SSSR count). The summed E-state index contributed by atoms with van der Waals surface area (Å²) in [5.74, 6) is 0.138. The van der Waals surface area contributed by atoms with Crippen LogP contribution in [0.4, 0.5) is 11.4 Å². The summed E-state index contributed by atoms with van der Waals surface area (Å²) in [4.78, 5) is 13.7. The number of nitrogens with two attached hydrogens (primary N) is 2. The van der Waals surface area contributed by atoms with Crippen molar-refractivity contribution >= 4 is 17.3 Å². The van der Waals surface area contributed by atoms with Gasteiger partial charge in [0, 0.05) is 0 Å². The van der Waals surface area contributed by atoms with Gasteiger partial charge in [0.15, 0.2) is 5.96 Å². The minimum atomic E-state index is -0.579. The van der Waals surface area contributed by atoms with Crippen molar-refractivity contribution < 1.29 is 9.66 Å². The summed E-state index contributed by atoms with van der Waals surface area (Å²) in [5.41, 5.74) is 10.2. The van der Waals surface area contributed by atoms with Gasteiger partial charge < -0.3 is 16.2 Å². The molecular formula is C8H10N4O3. The van der Waals surface area contributed by atoms with Gasteiger partial charge in [-0.2, -0.15) is 0 Å². The smallest absolute Gasteiger partial charge is 0.298 e. The molecule has 0 heterocycles. The SMILES string of the molecule is COc1ccc(N=C(N)N)c([N+](=O)[O-])c1. The molecule has 0 saturated carbocycles. The molecule has 0 saturated heterocycles. The summed E-state index contributed by atoms with van der Waals surface area (Å²) in [7, 11) is 1.42. The van der Waals surface area contributed by atoms with Gasteiger partial charge >= 0.3 is 0 Å². The van der Waals surface area contributed by atoms with Gasteiger partial charge in [0.1, 0.15) is 11.4 Å². The topological polar surface area (TPSA) is 117 Å². The van der Waals surface area contributed by atoms with E-state index in [4.69, 9.17) is 16.2 Å². The summed E-state index contributed by atoms with van der Waals surface area (Å²) < 4.78 is 4.85. The Morgan fingerprint density at radius 3 is 2.67 bits per heavy atom. The number of hydrogen-bond donors (Lipinski definition) is 2. The van der Waals surface area contributed by atoms with Crippen LogP contribution < -0.4 is 16.2 Å². The second kappa shape index (κ2) is 4.27. The van der Waals surface area contributed by atoms with Crippen LogP contribution in [-0.4, -0.2) is 18.0 Å². The average Bonchev–Trinajstić information content (AvgIpc) is 2.17. The Bertz CT molecular complexity index is 412. The third-order valence-electron chi connectivity index (χ3n) is 1.63. The van der Waals surface area contributed by atoms with Gasteiger partial charge in [-0.15, -0.1) is 0 Å². The lowest BCUT2D eigenvalue weighted by molar-refractivity contribution is -0.384. The average molecular weight is 210 g/mol. The molecule has 0 aliphatic heterocycles. The minimum absolute atomic E-state index is 0.0980. The normalized spacial score (nSPS) is 9.40. The summed E-state index contributed by atoms with van der Waals surface area (Å²) in [6.07, 6.45) is 0. The van der Waals surface area contributed by atoms with Crippen molar-refractivity contribution in [3.8, 4) is 5.75 Å². The standard InChI is InChI=1S/C8H10N4O3/c1-15-5-2-3-6(11-8(9)10)7(4-5)12(13)14/h2-4H,1H3,(H4,9,10,11). The quantitative estimate of drug-likeness (QED) is 0.326. The molecule has 0 fully saturated rings. The minimum Gasteiger partial charge on any atom is -0.496 e. The lowest BCUT2D eigenvalue weighted by Gasteiger charge is -2.01. The fourth-order valence-electron chi connectivity index (χ4n) is 1.01. The molecule has 80 valence electrons. The lowest BCUT2D eigenvalue weighted by Crippen LogP contribution is -2.22. The van der Waals surface area contributed by atoms with E-state index in [2.05, 4.69) is 4.99 Å². The predicted octanol–water partition coefficient (Wildman–Crippen LogP) is 0.508. The van der Waals surface area contributed by atoms with Crippen LogP contribution in [0.3, 0.4) is 0 Å². The number of rotatable bonds is 3. The Kier molecular flexibility index (Phi) is 3.06. The molecule has 4 N–H and O–H groups in total. The highest BCUT2D eigenvalue weighted by molar-refractivity contribution is 5.81. The maximum atomic E-state index is 10.7. The summed E-state index contributed by atoms with van der Waals surface area (Å²) in [6, 6.07) is 4.20. The summed E-state index contributed by atoms with van der Waals surface area (Å²) >= 11 is 0. The van der Waals surface area contributed by atoms with Crippen LogP contribution in [-0.2, 0) is 0 Å². The molecule has 0 aromatic heterocycles. The Morgan fingerprint density at radius 2 is 2.20 bits per heavy atom. The molecule has 7 heteroatoms. The van der Waals surface area contributed by atoms with Crippen LogP contribution in [0.2, 0.25) is 0 Å². The zero-order chi connectivity index (χ0) is 11.4. The second-order valence-electron chi connectivity index (χ2n) is 2.65. The van der Waals surface area contributed by atoms with E-state index in [0.29, 0.717) is 5.75 Å². The molecule has 0 atom stereocenters. The van der Waals surface area contributed by atoms with E-state index in [1.807, 2.05) is 0 Å². The number of nitro benzene ring substituents is 1. The fourth-order valence-corrected chi connectivity index (χ4v) is 1.01. The monoisotopic (exact) mass is 210 g/mol. The van der Waals surface area contributed by atoms with Gasteiger partial charge in [-0.05, 0) is 12.1 Å². The van der Waals surface area contributed by atoms with E-state index in [1.54, 1.807) is 0 Å². The molecule has 0 bridgehead atoms. The van der Waals surface area contributed by atoms with E-state index in [9.17, 15) is 10.1 Å². The van der Waals surface area contributed by atoms with Crippen LogP contribution in [0.15, 0.2) is 23.2 Å². The van der Waals surface area contributed by atoms with Gasteiger partial charge in [-0.1, -0.05) is 0 Å². The maximum Gasteiger partial charge on any atom is 0.298 e. The maximum absolute atomic E-state index is 10.7. The van der Waals surface area contributed by atoms with Crippen molar-refractivity contribution in [3.05, 3.63) is 28.3 Å². The number of aliphatic imine (C=N–C) groups is 1. The fraction of sp³-hybridized carbons (Fsp3) is 0.125. The van der Waals surface area contributed by atoms with Crippen LogP contribution >= 0.6 is 0 Å². The van der Waals surface area contributed by atoms with Crippen molar-refractivity contribution in [1.82, 2.24) is 0 Å². The van der Waals surface area contributed by atoms with E-state index >= 15 is 0 Å². The van der Waals surface area contributed by atoms with Crippen LogP contribution in [0.25, 0.3) is 0 Å². The molecule has 0 amide bonds. The zero-order valence-electron chi connectivity index (χ0n) is 8.01. The van der Waals surface area contributed by atoms with E-state index in [0.717, 1.165) is 0 Å².